The summed E-state index contributed by atoms with van der Waals surface area (Å²) in [7, 11) is 1.68. The number of rotatable bonds is 7. The second kappa shape index (κ2) is 10.3. The summed E-state index contributed by atoms with van der Waals surface area (Å²) in [6.07, 6.45) is 4.45. The third-order valence-corrected chi connectivity index (χ3v) is 6.63. The van der Waals surface area contributed by atoms with Crippen LogP contribution in [0.1, 0.15) is 31.2 Å². The van der Waals surface area contributed by atoms with Crippen LogP contribution in [0.5, 0.6) is 5.75 Å². The quantitative estimate of drug-likeness (QED) is 0.724. The standard InChI is InChI=1S/C26H33NO4/c1-29-24-9-7-22(8-10-24)23-6-2-4-20(16-23)17-26(11-14-30-15-12-26)25(28)27-18-21-5-3-13-31-19-21/h2,4,6-10,16,21H,3,5,11-15,17-19H2,1H3,(H,27,28)/t21-/m0/s1. The molecule has 2 aromatic carbocycles. The molecule has 4 rings (SSSR count). The van der Waals surface area contributed by atoms with Crippen molar-refractivity contribution >= 4 is 5.91 Å². The van der Waals surface area contributed by atoms with Crippen LogP contribution in [0.4, 0.5) is 0 Å². The molecule has 166 valence electrons. The zero-order chi connectivity index (χ0) is 21.5. The van der Waals surface area contributed by atoms with Gasteiger partial charge in [0.2, 0.25) is 5.91 Å². The molecule has 31 heavy (non-hydrogen) atoms. The van der Waals surface area contributed by atoms with Crippen LogP contribution in [0.25, 0.3) is 11.1 Å². The van der Waals surface area contributed by atoms with E-state index in [0.717, 1.165) is 62.2 Å². The highest BCUT2D eigenvalue weighted by Crippen LogP contribution is 2.36. The first-order valence-electron chi connectivity index (χ1n) is 11.4. The Balaban J connectivity index is 1.48. The lowest BCUT2D eigenvalue weighted by molar-refractivity contribution is -0.137. The maximum Gasteiger partial charge on any atom is 0.226 e. The van der Waals surface area contributed by atoms with Crippen molar-refractivity contribution in [3.8, 4) is 16.9 Å². The molecule has 0 radical (unpaired) electrons. The van der Waals surface area contributed by atoms with E-state index in [-0.39, 0.29) is 5.91 Å². The van der Waals surface area contributed by atoms with Crippen molar-refractivity contribution in [3.05, 3.63) is 54.1 Å². The van der Waals surface area contributed by atoms with Gasteiger partial charge < -0.3 is 19.5 Å². The maximum atomic E-state index is 13.4. The van der Waals surface area contributed by atoms with Gasteiger partial charge in [-0.1, -0.05) is 36.4 Å². The molecule has 5 heteroatoms. The van der Waals surface area contributed by atoms with E-state index in [4.69, 9.17) is 14.2 Å². The molecule has 0 aliphatic carbocycles. The van der Waals surface area contributed by atoms with Crippen LogP contribution in [-0.4, -0.2) is 46.0 Å². The fourth-order valence-corrected chi connectivity index (χ4v) is 4.67. The Morgan fingerprint density at radius 1 is 1.06 bits per heavy atom. The number of hydrogen-bond acceptors (Lipinski definition) is 4. The number of hydrogen-bond donors (Lipinski definition) is 1. The molecular weight excluding hydrogens is 390 g/mol. The summed E-state index contributed by atoms with van der Waals surface area (Å²) >= 11 is 0. The van der Waals surface area contributed by atoms with Crippen molar-refractivity contribution in [1.82, 2.24) is 5.32 Å². The molecule has 2 aromatic rings. The molecule has 1 atom stereocenters. The van der Waals surface area contributed by atoms with E-state index in [9.17, 15) is 4.79 Å². The summed E-state index contributed by atoms with van der Waals surface area (Å²) in [4.78, 5) is 13.4. The first-order chi connectivity index (χ1) is 15.2. The van der Waals surface area contributed by atoms with Gasteiger partial charge in [-0.05, 0) is 66.8 Å². The number of ether oxygens (including phenoxy) is 3. The molecule has 2 aliphatic heterocycles. The zero-order valence-corrected chi connectivity index (χ0v) is 18.4. The van der Waals surface area contributed by atoms with E-state index in [2.05, 4.69) is 41.7 Å². The molecular formula is C26H33NO4. The monoisotopic (exact) mass is 423 g/mol. The Labute approximate surface area is 185 Å². The van der Waals surface area contributed by atoms with Crippen LogP contribution in [0, 0.1) is 11.3 Å². The van der Waals surface area contributed by atoms with Gasteiger partial charge in [0.15, 0.2) is 0 Å². The number of methoxy groups -OCH3 is 1. The largest absolute Gasteiger partial charge is 0.497 e. The fourth-order valence-electron chi connectivity index (χ4n) is 4.67. The van der Waals surface area contributed by atoms with Crippen molar-refractivity contribution < 1.29 is 19.0 Å². The van der Waals surface area contributed by atoms with Gasteiger partial charge in [-0.15, -0.1) is 0 Å². The minimum absolute atomic E-state index is 0.163. The van der Waals surface area contributed by atoms with Crippen LogP contribution in [-0.2, 0) is 20.7 Å². The van der Waals surface area contributed by atoms with Crippen LogP contribution in [0.2, 0.25) is 0 Å². The summed E-state index contributed by atoms with van der Waals surface area (Å²) in [5, 5.41) is 3.25. The molecule has 2 saturated heterocycles. The number of benzene rings is 2. The smallest absolute Gasteiger partial charge is 0.226 e. The van der Waals surface area contributed by atoms with Crippen molar-refractivity contribution in [2.45, 2.75) is 32.1 Å². The van der Waals surface area contributed by atoms with Gasteiger partial charge in [0.1, 0.15) is 5.75 Å². The molecule has 5 nitrogen and oxygen atoms in total. The normalized spacial score (nSPS) is 20.7. The molecule has 0 aromatic heterocycles. The predicted octanol–water partition coefficient (Wildman–Crippen LogP) is 4.24. The Morgan fingerprint density at radius 3 is 2.58 bits per heavy atom. The van der Waals surface area contributed by atoms with E-state index in [1.54, 1.807) is 7.11 Å². The van der Waals surface area contributed by atoms with Crippen molar-refractivity contribution in [3.63, 3.8) is 0 Å². The molecule has 2 fully saturated rings. The average molecular weight is 424 g/mol. The highest BCUT2D eigenvalue weighted by molar-refractivity contribution is 5.83. The second-order valence-electron chi connectivity index (χ2n) is 8.79. The fraction of sp³-hybridized carbons (Fsp3) is 0.500. The van der Waals surface area contributed by atoms with Crippen LogP contribution in [0.3, 0.4) is 0 Å². The summed E-state index contributed by atoms with van der Waals surface area (Å²) in [6.45, 7) is 3.57. The Kier molecular flexibility index (Phi) is 7.25. The minimum atomic E-state index is -0.410. The molecule has 1 N–H and O–H groups in total. The minimum Gasteiger partial charge on any atom is -0.497 e. The first kappa shape index (κ1) is 21.8. The van der Waals surface area contributed by atoms with Gasteiger partial charge >= 0.3 is 0 Å². The average Bonchev–Trinajstić information content (AvgIpc) is 2.84. The van der Waals surface area contributed by atoms with Gasteiger partial charge in [0, 0.05) is 26.4 Å². The molecule has 0 saturated carbocycles. The molecule has 0 unspecified atom stereocenters. The highest BCUT2D eigenvalue weighted by Gasteiger charge is 2.40. The van der Waals surface area contributed by atoms with Crippen LogP contribution >= 0.6 is 0 Å². The number of carbonyl (C=O) groups excluding carboxylic acids is 1. The van der Waals surface area contributed by atoms with Gasteiger partial charge in [-0.25, -0.2) is 0 Å². The van der Waals surface area contributed by atoms with E-state index < -0.39 is 5.41 Å². The number of amides is 1. The van der Waals surface area contributed by atoms with Crippen LogP contribution in [0.15, 0.2) is 48.5 Å². The summed E-state index contributed by atoms with van der Waals surface area (Å²) in [5.74, 6) is 1.44. The Morgan fingerprint density at radius 2 is 1.87 bits per heavy atom. The number of nitrogens with one attached hydrogen (secondary N) is 1. The molecule has 1 amide bonds. The summed E-state index contributed by atoms with van der Waals surface area (Å²) < 4.78 is 16.5. The lowest BCUT2D eigenvalue weighted by Gasteiger charge is -2.36. The topological polar surface area (TPSA) is 56.8 Å². The van der Waals surface area contributed by atoms with Crippen LogP contribution < -0.4 is 10.1 Å². The lowest BCUT2D eigenvalue weighted by atomic mass is 9.74. The first-order valence-corrected chi connectivity index (χ1v) is 11.4. The van der Waals surface area contributed by atoms with Crippen molar-refractivity contribution in [1.29, 1.82) is 0 Å². The van der Waals surface area contributed by atoms with E-state index in [0.29, 0.717) is 25.7 Å². The van der Waals surface area contributed by atoms with Gasteiger partial charge in [-0.3, -0.25) is 4.79 Å². The highest BCUT2D eigenvalue weighted by atomic mass is 16.5. The Bertz CT molecular complexity index is 852. The zero-order valence-electron chi connectivity index (χ0n) is 18.4. The molecule has 0 spiro atoms. The molecule has 0 bridgehead atoms. The third-order valence-electron chi connectivity index (χ3n) is 6.63. The van der Waals surface area contributed by atoms with Crippen molar-refractivity contribution in [2.75, 3.05) is 40.1 Å². The predicted molar refractivity (Wildman–Crippen MR) is 121 cm³/mol. The lowest BCUT2D eigenvalue weighted by Crippen LogP contribution is -2.47. The summed E-state index contributed by atoms with van der Waals surface area (Å²) in [5.41, 5.74) is 3.07. The van der Waals surface area contributed by atoms with E-state index in [1.165, 1.54) is 5.56 Å². The SMILES string of the molecule is COc1ccc(-c2cccc(CC3(C(=O)NC[C@@H]4CCCOC4)CCOCC3)c2)cc1. The van der Waals surface area contributed by atoms with E-state index >= 15 is 0 Å². The maximum absolute atomic E-state index is 13.4. The van der Waals surface area contributed by atoms with Gasteiger partial charge in [0.25, 0.3) is 0 Å². The van der Waals surface area contributed by atoms with Gasteiger partial charge in [0.05, 0.1) is 19.1 Å². The number of carbonyl (C=O) groups is 1. The second-order valence-corrected chi connectivity index (χ2v) is 8.79. The third kappa shape index (κ3) is 5.46. The molecule has 2 heterocycles. The van der Waals surface area contributed by atoms with Gasteiger partial charge in [-0.2, -0.15) is 0 Å². The van der Waals surface area contributed by atoms with E-state index in [1.807, 2.05) is 12.1 Å². The summed E-state index contributed by atoms with van der Waals surface area (Å²) in [6, 6.07) is 16.6. The molecule has 2 aliphatic rings. The Hall–Kier alpha value is -2.37. The van der Waals surface area contributed by atoms with Crippen molar-refractivity contribution in [2.24, 2.45) is 11.3 Å².